The van der Waals surface area contributed by atoms with E-state index in [-0.39, 0.29) is 21.7 Å². The summed E-state index contributed by atoms with van der Waals surface area (Å²) < 4.78 is 0. The van der Waals surface area contributed by atoms with Crippen molar-refractivity contribution in [2.45, 2.75) is 40.0 Å². The molecule has 0 saturated carbocycles. The maximum atomic E-state index is 12.7. The lowest BCUT2D eigenvalue weighted by molar-refractivity contribution is -0.385. The molecule has 0 unspecified atom stereocenters. The first-order chi connectivity index (χ1) is 13.1. The minimum Gasteiger partial charge on any atom is -0.312 e. The van der Waals surface area contributed by atoms with Gasteiger partial charge in [-0.25, -0.2) is 0 Å². The Hall–Kier alpha value is -2.43. The smallest absolute Gasteiger partial charge is 0.283 e. The molecule has 0 saturated heterocycles. The van der Waals surface area contributed by atoms with E-state index in [1.54, 1.807) is 0 Å². The third-order valence-electron chi connectivity index (χ3n) is 5.23. The summed E-state index contributed by atoms with van der Waals surface area (Å²) in [7, 11) is 0. The summed E-state index contributed by atoms with van der Waals surface area (Å²) >= 11 is 7.21. The van der Waals surface area contributed by atoms with Gasteiger partial charge in [-0.2, -0.15) is 5.26 Å². The SMILES string of the molecule is CC(C)(C)[C@H]1CCc2c(sc(NC(=O)c3ccc(Cl)cc3[N+](=O)[O-])c2C#N)C1. The zero-order valence-electron chi connectivity index (χ0n) is 15.8. The van der Waals surface area contributed by atoms with Gasteiger partial charge >= 0.3 is 0 Å². The zero-order valence-corrected chi connectivity index (χ0v) is 17.4. The number of thiophene rings is 1. The normalized spacial score (nSPS) is 16.2. The van der Waals surface area contributed by atoms with Gasteiger partial charge in [0, 0.05) is 16.0 Å². The number of halogens is 1. The first-order valence-electron chi connectivity index (χ1n) is 8.91. The molecule has 6 nitrogen and oxygen atoms in total. The maximum absolute atomic E-state index is 12.7. The van der Waals surface area contributed by atoms with Crippen LogP contribution in [0.5, 0.6) is 0 Å². The fourth-order valence-electron chi connectivity index (χ4n) is 3.55. The quantitative estimate of drug-likeness (QED) is 0.520. The second kappa shape index (κ2) is 7.53. The van der Waals surface area contributed by atoms with Crippen molar-refractivity contribution in [2.75, 3.05) is 5.32 Å². The number of hydrogen-bond donors (Lipinski definition) is 1. The Labute approximate surface area is 172 Å². The van der Waals surface area contributed by atoms with Crippen LogP contribution in [0.4, 0.5) is 10.7 Å². The Morgan fingerprint density at radius 3 is 2.75 bits per heavy atom. The number of benzene rings is 1. The highest BCUT2D eigenvalue weighted by Crippen LogP contribution is 2.44. The third kappa shape index (κ3) is 3.89. The van der Waals surface area contributed by atoms with E-state index < -0.39 is 10.8 Å². The van der Waals surface area contributed by atoms with Crippen LogP contribution in [0.1, 0.15) is 53.6 Å². The Kier molecular flexibility index (Phi) is 5.46. The number of nitriles is 1. The molecule has 0 aliphatic heterocycles. The van der Waals surface area contributed by atoms with E-state index in [0.717, 1.165) is 35.8 Å². The number of rotatable bonds is 3. The van der Waals surface area contributed by atoms with Crippen molar-refractivity contribution < 1.29 is 9.72 Å². The van der Waals surface area contributed by atoms with E-state index >= 15 is 0 Å². The first kappa shape index (κ1) is 20.3. The second-order valence-electron chi connectivity index (χ2n) is 8.00. The number of hydrogen-bond acceptors (Lipinski definition) is 5. The molecule has 1 amide bonds. The average Bonchev–Trinajstić information content (AvgIpc) is 2.96. The van der Waals surface area contributed by atoms with Crippen LogP contribution in [0.15, 0.2) is 18.2 Å². The van der Waals surface area contributed by atoms with Crippen molar-refractivity contribution in [2.24, 2.45) is 11.3 Å². The molecule has 0 fully saturated rings. The van der Waals surface area contributed by atoms with E-state index in [1.165, 1.54) is 23.5 Å². The highest BCUT2D eigenvalue weighted by atomic mass is 35.5. The van der Waals surface area contributed by atoms with E-state index in [1.807, 2.05) is 0 Å². The van der Waals surface area contributed by atoms with Gasteiger partial charge in [-0.05, 0) is 48.3 Å². The number of nitro groups is 1. The van der Waals surface area contributed by atoms with Crippen molar-refractivity contribution in [3.05, 3.63) is 54.9 Å². The first-order valence-corrected chi connectivity index (χ1v) is 10.1. The van der Waals surface area contributed by atoms with Gasteiger partial charge in [-0.3, -0.25) is 14.9 Å². The van der Waals surface area contributed by atoms with Gasteiger partial charge in [0.1, 0.15) is 16.6 Å². The van der Waals surface area contributed by atoms with Crippen LogP contribution in [0.2, 0.25) is 5.02 Å². The molecular weight excluding hydrogens is 398 g/mol. The number of fused-ring (bicyclic) bond motifs is 1. The molecule has 0 radical (unpaired) electrons. The Bertz CT molecular complexity index is 1000. The molecule has 0 spiro atoms. The molecule has 0 bridgehead atoms. The van der Waals surface area contributed by atoms with Crippen LogP contribution < -0.4 is 5.32 Å². The molecule has 1 aliphatic rings. The fraction of sp³-hybridized carbons (Fsp3) is 0.400. The number of carbonyl (C=O) groups is 1. The van der Waals surface area contributed by atoms with E-state index in [2.05, 4.69) is 32.2 Å². The summed E-state index contributed by atoms with van der Waals surface area (Å²) in [6.45, 7) is 6.64. The van der Waals surface area contributed by atoms with Crippen LogP contribution in [0, 0.1) is 32.8 Å². The number of carbonyl (C=O) groups excluding carboxylic acids is 1. The Morgan fingerprint density at radius 1 is 1.43 bits per heavy atom. The van der Waals surface area contributed by atoms with E-state index in [4.69, 9.17) is 11.6 Å². The topological polar surface area (TPSA) is 96.0 Å². The Balaban J connectivity index is 1.93. The monoisotopic (exact) mass is 417 g/mol. The summed E-state index contributed by atoms with van der Waals surface area (Å²) in [6, 6.07) is 6.11. The largest absolute Gasteiger partial charge is 0.312 e. The number of nitrogens with zero attached hydrogens (tertiary/aromatic N) is 2. The maximum Gasteiger partial charge on any atom is 0.283 e. The van der Waals surface area contributed by atoms with Crippen molar-refractivity contribution in [1.82, 2.24) is 0 Å². The van der Waals surface area contributed by atoms with Crippen LogP contribution in [0.25, 0.3) is 0 Å². The lowest BCUT2D eigenvalue weighted by Gasteiger charge is -2.33. The summed E-state index contributed by atoms with van der Waals surface area (Å²) in [5.74, 6) is -0.114. The standard InChI is InChI=1S/C20H20ClN3O3S/c1-20(2,3)11-4-6-13-15(10-22)19(28-17(13)8-11)23-18(25)14-7-5-12(21)9-16(14)24(26)27/h5,7,9,11H,4,6,8H2,1-3H3,(H,23,25)/t11-/m0/s1. The van der Waals surface area contributed by atoms with Gasteiger partial charge < -0.3 is 5.32 Å². The number of nitrogens with one attached hydrogen (secondary N) is 1. The van der Waals surface area contributed by atoms with Gasteiger partial charge in [0.2, 0.25) is 0 Å². The number of anilines is 1. The van der Waals surface area contributed by atoms with Gasteiger partial charge in [0.25, 0.3) is 11.6 Å². The molecule has 28 heavy (non-hydrogen) atoms. The number of amides is 1. The molecule has 8 heteroatoms. The summed E-state index contributed by atoms with van der Waals surface area (Å²) in [6.07, 6.45) is 2.67. The lowest BCUT2D eigenvalue weighted by atomic mass is 9.72. The summed E-state index contributed by atoms with van der Waals surface area (Å²) in [5, 5.41) is 24.2. The lowest BCUT2D eigenvalue weighted by Crippen LogP contribution is -2.26. The molecule has 146 valence electrons. The van der Waals surface area contributed by atoms with Crippen LogP contribution in [-0.4, -0.2) is 10.8 Å². The van der Waals surface area contributed by atoms with Gasteiger partial charge in [0.05, 0.1) is 10.5 Å². The van der Waals surface area contributed by atoms with Gasteiger partial charge in [0.15, 0.2) is 0 Å². The molecule has 3 rings (SSSR count). The molecule has 1 aliphatic carbocycles. The predicted molar refractivity (Wildman–Crippen MR) is 110 cm³/mol. The van der Waals surface area contributed by atoms with Gasteiger partial charge in [-0.15, -0.1) is 11.3 Å². The molecule has 1 N–H and O–H groups in total. The molecule has 2 aromatic rings. The molecule has 1 heterocycles. The third-order valence-corrected chi connectivity index (χ3v) is 6.63. The summed E-state index contributed by atoms with van der Waals surface area (Å²) in [5.41, 5.74) is 1.18. The fourth-order valence-corrected chi connectivity index (χ4v) is 4.99. The van der Waals surface area contributed by atoms with Crippen molar-refractivity contribution in [1.29, 1.82) is 5.26 Å². The predicted octanol–water partition coefficient (Wildman–Crippen LogP) is 5.58. The minimum atomic E-state index is -0.640. The van der Waals surface area contributed by atoms with Crippen LogP contribution in [0.3, 0.4) is 0 Å². The minimum absolute atomic E-state index is 0.0859. The van der Waals surface area contributed by atoms with Crippen molar-refractivity contribution >= 4 is 39.5 Å². The van der Waals surface area contributed by atoms with E-state index in [0.29, 0.717) is 16.5 Å². The van der Waals surface area contributed by atoms with Crippen LogP contribution in [-0.2, 0) is 12.8 Å². The summed E-state index contributed by atoms with van der Waals surface area (Å²) in [4.78, 5) is 24.4. The average molecular weight is 418 g/mol. The Morgan fingerprint density at radius 2 is 2.14 bits per heavy atom. The van der Waals surface area contributed by atoms with Crippen LogP contribution >= 0.6 is 22.9 Å². The molecular formula is C20H20ClN3O3S. The second-order valence-corrected chi connectivity index (χ2v) is 9.54. The van der Waals surface area contributed by atoms with Crippen molar-refractivity contribution in [3.63, 3.8) is 0 Å². The molecule has 1 atom stereocenters. The number of nitro benzene ring substituents is 1. The van der Waals surface area contributed by atoms with Gasteiger partial charge in [-0.1, -0.05) is 32.4 Å². The van der Waals surface area contributed by atoms with Crippen molar-refractivity contribution in [3.8, 4) is 6.07 Å². The molecule has 1 aromatic heterocycles. The van der Waals surface area contributed by atoms with E-state index in [9.17, 15) is 20.2 Å². The highest BCUT2D eigenvalue weighted by Gasteiger charge is 2.32. The zero-order chi connectivity index (χ0) is 20.6. The highest BCUT2D eigenvalue weighted by molar-refractivity contribution is 7.16. The molecule has 1 aromatic carbocycles.